The Balaban J connectivity index is 2.01. The monoisotopic (exact) mass is 269 g/mol. The summed E-state index contributed by atoms with van der Waals surface area (Å²) in [6, 6.07) is 6.58. The third-order valence-electron chi connectivity index (χ3n) is 2.60. The summed E-state index contributed by atoms with van der Waals surface area (Å²) in [6.07, 6.45) is 0.286. The number of fused-ring (bicyclic) bond motifs is 1. The number of hydrogen-bond donors (Lipinski definition) is 1. The van der Waals surface area contributed by atoms with Gasteiger partial charge in [0, 0.05) is 6.54 Å². The smallest absolute Gasteiger partial charge is 0.261 e. The summed E-state index contributed by atoms with van der Waals surface area (Å²) >= 11 is 0. The number of amides is 2. The van der Waals surface area contributed by atoms with Gasteiger partial charge in [-0.3, -0.25) is 18.7 Å². The first kappa shape index (κ1) is 12.7. The van der Waals surface area contributed by atoms with E-state index in [1.807, 2.05) is 0 Å². The molecule has 1 aliphatic rings. The van der Waals surface area contributed by atoms with Crippen LogP contribution in [-0.4, -0.2) is 38.3 Å². The van der Waals surface area contributed by atoms with Crippen LogP contribution in [0.1, 0.15) is 27.1 Å². The summed E-state index contributed by atoms with van der Waals surface area (Å²) in [4.78, 5) is 24.9. The molecule has 0 spiro atoms. The van der Waals surface area contributed by atoms with E-state index in [0.717, 1.165) is 4.90 Å². The van der Waals surface area contributed by atoms with Crippen molar-refractivity contribution in [2.75, 3.05) is 13.2 Å². The molecule has 0 bridgehead atoms. The number of carbonyl (C=O) groups excluding carboxylic acids is 2. The van der Waals surface area contributed by atoms with E-state index in [4.69, 9.17) is 0 Å². The molecule has 0 saturated carbocycles. The molecule has 0 fully saturated rings. The Morgan fingerprint density at radius 3 is 2.11 bits per heavy atom. The highest BCUT2D eigenvalue weighted by molar-refractivity contribution is 7.67. The molecule has 1 aromatic carbocycles. The van der Waals surface area contributed by atoms with E-state index in [9.17, 15) is 18.0 Å². The number of carbonyl (C=O) groups is 2. The fourth-order valence-corrected chi connectivity index (χ4v) is 2.08. The van der Waals surface area contributed by atoms with E-state index in [0.29, 0.717) is 11.1 Å². The Hall–Kier alpha value is -1.73. The van der Waals surface area contributed by atoms with Crippen molar-refractivity contribution in [3.63, 3.8) is 0 Å². The summed E-state index contributed by atoms with van der Waals surface area (Å²) in [5.74, 6) is -0.691. The van der Waals surface area contributed by atoms with Gasteiger partial charge in [-0.1, -0.05) is 12.1 Å². The van der Waals surface area contributed by atoms with Crippen molar-refractivity contribution < 1.29 is 22.2 Å². The first-order valence-electron chi connectivity index (χ1n) is 5.34. The average molecular weight is 269 g/mol. The van der Waals surface area contributed by atoms with Gasteiger partial charge >= 0.3 is 0 Å². The van der Waals surface area contributed by atoms with Crippen molar-refractivity contribution in [3.05, 3.63) is 35.4 Å². The van der Waals surface area contributed by atoms with E-state index < -0.39 is 11.0 Å². The van der Waals surface area contributed by atoms with Crippen LogP contribution < -0.4 is 0 Å². The van der Waals surface area contributed by atoms with E-state index in [1.165, 1.54) is 0 Å². The van der Waals surface area contributed by atoms with Gasteiger partial charge < -0.3 is 0 Å². The molecule has 1 heterocycles. The Morgan fingerprint density at radius 2 is 1.61 bits per heavy atom. The average Bonchev–Trinajstić information content (AvgIpc) is 2.59. The predicted molar refractivity (Wildman–Crippen MR) is 62.7 cm³/mol. The molecule has 2 amide bonds. The van der Waals surface area contributed by atoms with Gasteiger partial charge in [0.2, 0.25) is 0 Å². The van der Waals surface area contributed by atoms with Gasteiger partial charge in [-0.15, -0.1) is 0 Å². The second kappa shape index (κ2) is 5.28. The topological polar surface area (TPSA) is 80.8 Å². The fraction of sp³-hybridized carbons (Fsp3) is 0.273. The van der Waals surface area contributed by atoms with Gasteiger partial charge in [0.25, 0.3) is 22.8 Å². The SMILES string of the molecule is O=C1c2ccccc2C(=O)N1CCCO[SH](=O)=O. The van der Waals surface area contributed by atoms with Crippen molar-refractivity contribution in [1.82, 2.24) is 4.90 Å². The van der Waals surface area contributed by atoms with Gasteiger partial charge in [0.15, 0.2) is 0 Å². The lowest BCUT2D eigenvalue weighted by Crippen LogP contribution is -2.31. The zero-order chi connectivity index (χ0) is 13.1. The maximum Gasteiger partial charge on any atom is 0.261 e. The second-order valence-electron chi connectivity index (χ2n) is 3.72. The molecule has 0 N–H and O–H groups in total. The summed E-state index contributed by atoms with van der Waals surface area (Å²) in [7, 11) is -2.88. The Morgan fingerprint density at radius 1 is 1.06 bits per heavy atom. The molecule has 1 aromatic rings. The van der Waals surface area contributed by atoms with Crippen LogP contribution in [0.15, 0.2) is 24.3 Å². The molecule has 2 rings (SSSR count). The standard InChI is InChI=1S/C11H11NO5S/c13-10-8-4-1-2-5-9(8)11(14)12(10)6-3-7-17-18(15)16/h1-2,4-5,18H,3,6-7H2. The normalized spacial score (nSPS) is 14.4. The Labute approximate surface area is 105 Å². The fourth-order valence-electron chi connectivity index (χ4n) is 1.80. The van der Waals surface area contributed by atoms with Crippen molar-refractivity contribution in [1.29, 1.82) is 0 Å². The minimum absolute atomic E-state index is 0.0356. The number of hydrogen-bond acceptors (Lipinski definition) is 5. The minimum Gasteiger partial charge on any atom is -0.274 e. The maximum atomic E-state index is 11.9. The van der Waals surface area contributed by atoms with Gasteiger partial charge in [-0.25, -0.2) is 8.42 Å². The molecule has 0 aliphatic carbocycles. The molecule has 0 atom stereocenters. The molecular formula is C11H11NO5S. The quantitative estimate of drug-likeness (QED) is 0.469. The van der Waals surface area contributed by atoms with Crippen molar-refractivity contribution in [2.24, 2.45) is 0 Å². The first-order valence-corrected chi connectivity index (χ1v) is 6.43. The number of benzene rings is 1. The molecule has 0 radical (unpaired) electrons. The van der Waals surface area contributed by atoms with Gasteiger partial charge in [0.05, 0.1) is 17.7 Å². The summed E-state index contributed by atoms with van der Waals surface area (Å²) in [5, 5.41) is 0. The summed E-state index contributed by atoms with van der Waals surface area (Å²) < 4.78 is 24.7. The van der Waals surface area contributed by atoms with E-state index in [1.54, 1.807) is 24.3 Å². The molecule has 0 unspecified atom stereocenters. The second-order valence-corrected chi connectivity index (χ2v) is 4.42. The van der Waals surface area contributed by atoms with E-state index in [-0.39, 0.29) is 31.4 Å². The molecule has 7 heteroatoms. The number of thiol groups is 1. The summed E-state index contributed by atoms with van der Waals surface area (Å²) in [5.41, 5.74) is 0.775. The summed E-state index contributed by atoms with van der Waals surface area (Å²) in [6.45, 7) is 0.113. The lowest BCUT2D eigenvalue weighted by atomic mass is 10.1. The molecular weight excluding hydrogens is 258 g/mol. The van der Waals surface area contributed by atoms with Crippen molar-refractivity contribution in [3.8, 4) is 0 Å². The highest BCUT2D eigenvalue weighted by atomic mass is 32.2. The zero-order valence-electron chi connectivity index (χ0n) is 9.37. The maximum absolute atomic E-state index is 11.9. The Bertz CT molecular complexity index is 523. The van der Waals surface area contributed by atoms with Crippen LogP contribution in [0.5, 0.6) is 0 Å². The minimum atomic E-state index is -2.88. The molecule has 1 aliphatic heterocycles. The van der Waals surface area contributed by atoms with Crippen molar-refractivity contribution >= 4 is 22.8 Å². The largest absolute Gasteiger partial charge is 0.274 e. The van der Waals surface area contributed by atoms with Gasteiger partial charge in [-0.05, 0) is 18.6 Å². The van der Waals surface area contributed by atoms with Crippen LogP contribution in [-0.2, 0) is 15.2 Å². The van der Waals surface area contributed by atoms with Crippen LogP contribution in [0, 0.1) is 0 Å². The zero-order valence-corrected chi connectivity index (χ0v) is 10.3. The number of rotatable bonds is 5. The molecule has 0 saturated heterocycles. The van der Waals surface area contributed by atoms with Crippen LogP contribution in [0.2, 0.25) is 0 Å². The lowest BCUT2D eigenvalue weighted by Gasteiger charge is -2.12. The Kier molecular flexibility index (Phi) is 3.73. The van der Waals surface area contributed by atoms with Crippen molar-refractivity contribution in [2.45, 2.75) is 6.42 Å². The van der Waals surface area contributed by atoms with Crippen LogP contribution in [0.25, 0.3) is 0 Å². The highest BCUT2D eigenvalue weighted by Gasteiger charge is 2.34. The first-order chi connectivity index (χ1) is 8.61. The number of nitrogens with zero attached hydrogens (tertiary/aromatic N) is 1. The van der Waals surface area contributed by atoms with E-state index in [2.05, 4.69) is 4.18 Å². The lowest BCUT2D eigenvalue weighted by molar-refractivity contribution is 0.0648. The molecule has 6 nitrogen and oxygen atoms in total. The predicted octanol–water partition coefficient (Wildman–Crippen LogP) is 0.216. The van der Waals surface area contributed by atoms with Crippen LogP contribution in [0.4, 0.5) is 0 Å². The molecule has 96 valence electrons. The van der Waals surface area contributed by atoms with E-state index >= 15 is 0 Å². The van der Waals surface area contributed by atoms with Crippen LogP contribution in [0.3, 0.4) is 0 Å². The van der Waals surface area contributed by atoms with Crippen LogP contribution >= 0.6 is 0 Å². The number of imide groups is 1. The van der Waals surface area contributed by atoms with Gasteiger partial charge in [-0.2, -0.15) is 0 Å². The van der Waals surface area contributed by atoms with Gasteiger partial charge in [0.1, 0.15) is 0 Å². The third-order valence-corrected chi connectivity index (χ3v) is 2.99. The molecule has 0 aromatic heterocycles. The third kappa shape index (κ3) is 2.41. The molecule has 18 heavy (non-hydrogen) atoms. The highest BCUT2D eigenvalue weighted by Crippen LogP contribution is 2.22.